The van der Waals surface area contributed by atoms with Crippen LogP contribution in [-0.2, 0) is 14.8 Å². The number of amides is 1. The Morgan fingerprint density at radius 2 is 1.65 bits per heavy atom. The van der Waals surface area contributed by atoms with Crippen molar-refractivity contribution in [3.63, 3.8) is 0 Å². The van der Waals surface area contributed by atoms with Gasteiger partial charge in [-0.25, -0.2) is 8.42 Å². The molecule has 9 heteroatoms. The Morgan fingerprint density at radius 3 is 2.15 bits per heavy atom. The van der Waals surface area contributed by atoms with Crippen molar-refractivity contribution < 1.29 is 22.7 Å². The van der Waals surface area contributed by atoms with Crippen molar-refractivity contribution in [3.05, 3.63) is 41.4 Å². The van der Waals surface area contributed by atoms with Gasteiger partial charge in [0.05, 0.1) is 29.8 Å². The lowest BCUT2D eigenvalue weighted by molar-refractivity contribution is -0.114. The van der Waals surface area contributed by atoms with Crippen molar-refractivity contribution in [1.29, 1.82) is 0 Å². The minimum atomic E-state index is -3.87. The third-order valence-electron chi connectivity index (χ3n) is 3.63. The number of benzene rings is 2. The van der Waals surface area contributed by atoms with Crippen molar-refractivity contribution in [2.75, 3.05) is 30.9 Å². The third kappa shape index (κ3) is 4.03. The minimum Gasteiger partial charge on any atom is -0.495 e. The Bertz CT molecular complexity index is 913. The van der Waals surface area contributed by atoms with Gasteiger partial charge >= 0.3 is 0 Å². The number of carbonyl (C=O) groups excluding carboxylic acids is 1. The zero-order chi connectivity index (χ0) is 19.5. The average molecular weight is 399 g/mol. The van der Waals surface area contributed by atoms with Gasteiger partial charge in [0.15, 0.2) is 0 Å². The lowest BCUT2D eigenvalue weighted by atomic mass is 10.2. The maximum Gasteiger partial charge on any atom is 0.264 e. The van der Waals surface area contributed by atoms with Crippen LogP contribution < -0.4 is 19.1 Å². The van der Waals surface area contributed by atoms with Crippen LogP contribution in [0, 0.1) is 0 Å². The SMILES string of the molecule is COc1cc(N(C)S(=O)(=O)c2ccc(NC(C)=O)cc2)c(OC)cc1Cl. The van der Waals surface area contributed by atoms with Crippen LogP contribution in [0.3, 0.4) is 0 Å². The fraction of sp³-hybridized carbons (Fsp3) is 0.235. The molecule has 0 heterocycles. The van der Waals surface area contributed by atoms with Gasteiger partial charge in [-0.2, -0.15) is 0 Å². The predicted octanol–water partition coefficient (Wildman–Crippen LogP) is 3.14. The highest BCUT2D eigenvalue weighted by Crippen LogP contribution is 2.39. The number of nitrogens with one attached hydrogen (secondary N) is 1. The van der Waals surface area contributed by atoms with Crippen molar-refractivity contribution in [1.82, 2.24) is 0 Å². The maximum atomic E-state index is 12.9. The van der Waals surface area contributed by atoms with Crippen molar-refractivity contribution >= 4 is 38.9 Å². The Morgan fingerprint density at radius 1 is 1.08 bits per heavy atom. The summed E-state index contributed by atoms with van der Waals surface area (Å²) in [5, 5.41) is 2.89. The van der Waals surface area contributed by atoms with Crippen LogP contribution in [0.2, 0.25) is 5.02 Å². The zero-order valence-electron chi connectivity index (χ0n) is 14.7. The van der Waals surface area contributed by atoms with Crippen LogP contribution in [0.1, 0.15) is 6.92 Å². The second kappa shape index (κ2) is 7.84. The Kier molecular flexibility index (Phi) is 5.99. The first kappa shape index (κ1) is 19.9. The fourth-order valence-corrected chi connectivity index (χ4v) is 3.72. The Labute approximate surface area is 157 Å². The summed E-state index contributed by atoms with van der Waals surface area (Å²) < 4.78 is 37.3. The molecule has 0 atom stereocenters. The smallest absolute Gasteiger partial charge is 0.264 e. The van der Waals surface area contributed by atoms with E-state index in [0.29, 0.717) is 16.5 Å². The predicted molar refractivity (Wildman–Crippen MR) is 101 cm³/mol. The standard InChI is InChI=1S/C17H19ClN2O5S/c1-11(21)19-12-5-7-13(8-6-12)26(22,23)20(2)15-10-16(24-3)14(18)9-17(15)25-4/h5-10H,1-4H3,(H,19,21). The molecule has 2 rings (SSSR count). The molecule has 0 bridgehead atoms. The number of sulfonamides is 1. The van der Waals surface area contributed by atoms with Gasteiger partial charge in [-0.1, -0.05) is 11.6 Å². The molecular formula is C17H19ClN2O5S. The van der Waals surface area contributed by atoms with E-state index < -0.39 is 10.0 Å². The number of rotatable bonds is 6. The van der Waals surface area contributed by atoms with Crippen LogP contribution in [0.15, 0.2) is 41.3 Å². The number of halogens is 1. The number of hydrogen-bond acceptors (Lipinski definition) is 5. The minimum absolute atomic E-state index is 0.0603. The second-order valence-corrected chi connectivity index (χ2v) is 7.71. The highest BCUT2D eigenvalue weighted by atomic mass is 35.5. The van der Waals surface area contributed by atoms with Gasteiger partial charge in [0.25, 0.3) is 10.0 Å². The van der Waals surface area contributed by atoms with Crippen LogP contribution in [-0.4, -0.2) is 35.6 Å². The quantitative estimate of drug-likeness (QED) is 0.807. The molecule has 140 valence electrons. The van der Waals surface area contributed by atoms with E-state index in [4.69, 9.17) is 21.1 Å². The van der Waals surface area contributed by atoms with E-state index in [-0.39, 0.29) is 22.2 Å². The molecule has 1 N–H and O–H groups in total. The number of methoxy groups -OCH3 is 2. The summed E-state index contributed by atoms with van der Waals surface area (Å²) in [6.45, 7) is 1.37. The van der Waals surface area contributed by atoms with Crippen LogP contribution >= 0.6 is 11.6 Å². The molecule has 7 nitrogen and oxygen atoms in total. The van der Waals surface area contributed by atoms with Crippen molar-refractivity contribution in [2.24, 2.45) is 0 Å². The highest BCUT2D eigenvalue weighted by molar-refractivity contribution is 7.92. The van der Waals surface area contributed by atoms with E-state index in [1.807, 2.05) is 0 Å². The van der Waals surface area contributed by atoms with Crippen LogP contribution in [0.4, 0.5) is 11.4 Å². The molecule has 0 unspecified atom stereocenters. The first-order valence-corrected chi connectivity index (χ1v) is 9.30. The van der Waals surface area contributed by atoms with Gasteiger partial charge in [-0.15, -0.1) is 0 Å². The molecule has 0 radical (unpaired) electrons. The van der Waals surface area contributed by atoms with E-state index >= 15 is 0 Å². The first-order chi connectivity index (χ1) is 12.2. The number of anilines is 2. The van der Waals surface area contributed by atoms with E-state index in [0.717, 1.165) is 4.31 Å². The van der Waals surface area contributed by atoms with Gasteiger partial charge in [0, 0.05) is 31.8 Å². The Balaban J connectivity index is 2.44. The van der Waals surface area contributed by atoms with Gasteiger partial charge in [-0.05, 0) is 24.3 Å². The molecule has 0 saturated carbocycles. The molecule has 0 aliphatic rings. The maximum absolute atomic E-state index is 12.9. The van der Waals surface area contributed by atoms with E-state index in [2.05, 4.69) is 5.32 Å². The van der Waals surface area contributed by atoms with Crippen LogP contribution in [0.25, 0.3) is 0 Å². The van der Waals surface area contributed by atoms with E-state index in [1.165, 1.54) is 64.6 Å². The molecule has 26 heavy (non-hydrogen) atoms. The molecule has 0 spiro atoms. The third-order valence-corrected chi connectivity index (χ3v) is 5.71. The van der Waals surface area contributed by atoms with Crippen molar-refractivity contribution in [2.45, 2.75) is 11.8 Å². The topological polar surface area (TPSA) is 84.9 Å². The zero-order valence-corrected chi connectivity index (χ0v) is 16.3. The molecule has 0 fully saturated rings. The largest absolute Gasteiger partial charge is 0.495 e. The Hall–Kier alpha value is -2.45. The summed E-state index contributed by atoms with van der Waals surface area (Å²) in [5.41, 5.74) is 0.782. The second-order valence-electron chi connectivity index (χ2n) is 5.34. The van der Waals surface area contributed by atoms with Gasteiger partial charge < -0.3 is 14.8 Å². The molecule has 2 aromatic carbocycles. The molecule has 0 aliphatic carbocycles. The monoisotopic (exact) mass is 398 g/mol. The first-order valence-electron chi connectivity index (χ1n) is 7.48. The highest BCUT2D eigenvalue weighted by Gasteiger charge is 2.25. The van der Waals surface area contributed by atoms with Gasteiger partial charge in [0.1, 0.15) is 11.5 Å². The lowest BCUT2D eigenvalue weighted by Gasteiger charge is -2.23. The summed E-state index contributed by atoms with van der Waals surface area (Å²) >= 11 is 6.07. The number of ether oxygens (including phenoxy) is 2. The molecular weight excluding hydrogens is 380 g/mol. The lowest BCUT2D eigenvalue weighted by Crippen LogP contribution is -2.27. The molecule has 0 aliphatic heterocycles. The molecule has 2 aromatic rings. The van der Waals surface area contributed by atoms with E-state index in [9.17, 15) is 13.2 Å². The normalized spacial score (nSPS) is 11.0. The van der Waals surface area contributed by atoms with Crippen molar-refractivity contribution in [3.8, 4) is 11.5 Å². The number of carbonyl (C=O) groups is 1. The molecule has 0 saturated heterocycles. The fourth-order valence-electron chi connectivity index (χ4n) is 2.29. The number of hydrogen-bond donors (Lipinski definition) is 1. The van der Waals surface area contributed by atoms with Gasteiger partial charge in [-0.3, -0.25) is 9.10 Å². The summed E-state index contributed by atoms with van der Waals surface area (Å²) in [7, 11) is 0.397. The summed E-state index contributed by atoms with van der Waals surface area (Å²) in [4.78, 5) is 11.1. The molecule has 0 aromatic heterocycles. The average Bonchev–Trinajstić information content (AvgIpc) is 2.60. The number of nitrogens with zero attached hydrogens (tertiary/aromatic N) is 1. The molecule has 1 amide bonds. The summed E-state index contributed by atoms with van der Waals surface area (Å²) in [6, 6.07) is 8.84. The summed E-state index contributed by atoms with van der Waals surface area (Å²) in [6.07, 6.45) is 0. The summed E-state index contributed by atoms with van der Waals surface area (Å²) in [5.74, 6) is 0.373. The van der Waals surface area contributed by atoms with Gasteiger partial charge in [0.2, 0.25) is 5.91 Å². The van der Waals surface area contributed by atoms with Crippen LogP contribution in [0.5, 0.6) is 11.5 Å². The van der Waals surface area contributed by atoms with E-state index in [1.54, 1.807) is 0 Å².